The molecule has 1 N–H and O–H groups in total. The molecule has 3 heterocycles. The minimum atomic E-state index is -0.381. The number of halogens is 3. The van der Waals surface area contributed by atoms with E-state index in [1.165, 1.54) is 13.2 Å². The average molecular weight is 461 g/mol. The summed E-state index contributed by atoms with van der Waals surface area (Å²) in [5, 5.41) is 11.6. The minimum absolute atomic E-state index is 0. The Morgan fingerprint density at radius 1 is 1.17 bits per heavy atom. The number of rotatable bonds is 4. The molecule has 2 saturated heterocycles. The molecule has 0 atom stereocenters. The van der Waals surface area contributed by atoms with E-state index in [-0.39, 0.29) is 42.3 Å². The predicted octanol–water partition coefficient (Wildman–Crippen LogP) is 2.16. The predicted molar refractivity (Wildman–Crippen MR) is 117 cm³/mol. The van der Waals surface area contributed by atoms with Gasteiger partial charge in [0.1, 0.15) is 0 Å². The molecule has 0 aliphatic carbocycles. The number of ether oxygens (including phenoxy) is 1. The highest BCUT2D eigenvalue weighted by Gasteiger charge is 2.26. The summed E-state index contributed by atoms with van der Waals surface area (Å²) in [4.78, 5) is 16.6. The van der Waals surface area contributed by atoms with Crippen molar-refractivity contribution in [1.82, 2.24) is 25.2 Å². The molecule has 8 nitrogen and oxygen atoms in total. The lowest BCUT2D eigenvalue weighted by Gasteiger charge is -2.35. The third kappa shape index (κ3) is 5.14. The molecule has 0 bridgehead atoms. The van der Waals surface area contributed by atoms with Crippen molar-refractivity contribution in [1.29, 1.82) is 0 Å². The molecule has 166 valence electrons. The second-order valence-corrected chi connectivity index (χ2v) is 7.16. The molecule has 0 spiro atoms. The van der Waals surface area contributed by atoms with Crippen LogP contribution in [0, 0.1) is 5.82 Å². The van der Waals surface area contributed by atoms with Crippen molar-refractivity contribution in [3.05, 3.63) is 35.9 Å². The lowest BCUT2D eigenvalue weighted by Crippen LogP contribution is -2.49. The summed E-state index contributed by atoms with van der Waals surface area (Å²) in [6.07, 6.45) is 3.76. The average Bonchev–Trinajstić information content (AvgIpc) is 3.24. The molecule has 0 saturated carbocycles. The van der Waals surface area contributed by atoms with Gasteiger partial charge in [-0.25, -0.2) is 9.07 Å². The zero-order valence-corrected chi connectivity index (χ0v) is 18.4. The number of carbonyl (C=O) groups excluding carboxylic acids is 1. The SMILES string of the molecule is COc1ccc(N2CCN(C(=O)c3cn(C4CCNCC4)nn3)CC2)cc1F.Cl.Cl. The molecule has 11 heteroatoms. The van der Waals surface area contributed by atoms with E-state index in [1.807, 2.05) is 10.7 Å². The van der Waals surface area contributed by atoms with Gasteiger partial charge in [-0.1, -0.05) is 5.21 Å². The number of nitrogens with one attached hydrogen (secondary N) is 1. The molecule has 1 amide bonds. The Bertz CT molecular complexity index is 838. The van der Waals surface area contributed by atoms with Gasteiger partial charge in [0.05, 0.1) is 19.3 Å². The van der Waals surface area contributed by atoms with Crippen LogP contribution in [0.25, 0.3) is 0 Å². The number of hydrogen-bond acceptors (Lipinski definition) is 6. The van der Waals surface area contributed by atoms with E-state index < -0.39 is 0 Å². The topological polar surface area (TPSA) is 75.5 Å². The minimum Gasteiger partial charge on any atom is -0.494 e. The van der Waals surface area contributed by atoms with Crippen LogP contribution in [-0.2, 0) is 0 Å². The fourth-order valence-corrected chi connectivity index (χ4v) is 3.81. The van der Waals surface area contributed by atoms with Gasteiger partial charge in [0.2, 0.25) is 0 Å². The second kappa shape index (κ2) is 10.8. The Labute approximate surface area is 187 Å². The lowest BCUT2D eigenvalue weighted by atomic mass is 10.1. The van der Waals surface area contributed by atoms with Crippen molar-refractivity contribution in [2.75, 3.05) is 51.3 Å². The third-order valence-electron chi connectivity index (χ3n) is 5.48. The number of carbonyl (C=O) groups is 1. The highest BCUT2D eigenvalue weighted by atomic mass is 35.5. The molecule has 0 unspecified atom stereocenters. The highest BCUT2D eigenvalue weighted by molar-refractivity contribution is 5.92. The number of piperidine rings is 1. The van der Waals surface area contributed by atoms with Crippen LogP contribution in [0.5, 0.6) is 5.75 Å². The Morgan fingerprint density at radius 3 is 2.50 bits per heavy atom. The summed E-state index contributed by atoms with van der Waals surface area (Å²) in [5.41, 5.74) is 1.18. The van der Waals surface area contributed by atoms with Gasteiger partial charge in [-0.15, -0.1) is 29.9 Å². The summed E-state index contributed by atoms with van der Waals surface area (Å²) < 4.78 is 20.7. The Hall–Kier alpha value is -2.10. The number of nitrogens with zero attached hydrogens (tertiary/aromatic N) is 5. The Morgan fingerprint density at radius 2 is 1.87 bits per heavy atom. The number of amides is 1. The fourth-order valence-electron chi connectivity index (χ4n) is 3.81. The lowest BCUT2D eigenvalue weighted by molar-refractivity contribution is 0.0740. The van der Waals surface area contributed by atoms with Crippen LogP contribution in [0.4, 0.5) is 10.1 Å². The maximum absolute atomic E-state index is 13.9. The summed E-state index contributed by atoms with van der Waals surface area (Å²) in [5.74, 6) is -0.247. The molecular formula is C19H27Cl2FN6O2. The van der Waals surface area contributed by atoms with Crippen molar-refractivity contribution in [2.24, 2.45) is 0 Å². The van der Waals surface area contributed by atoms with E-state index in [0.717, 1.165) is 31.6 Å². The molecule has 0 radical (unpaired) electrons. The van der Waals surface area contributed by atoms with Gasteiger partial charge in [-0.3, -0.25) is 4.79 Å². The van der Waals surface area contributed by atoms with Crippen molar-refractivity contribution < 1.29 is 13.9 Å². The summed E-state index contributed by atoms with van der Waals surface area (Å²) >= 11 is 0. The van der Waals surface area contributed by atoms with Crippen LogP contribution >= 0.6 is 24.8 Å². The molecule has 2 aliphatic heterocycles. The monoisotopic (exact) mass is 460 g/mol. The molecule has 1 aromatic carbocycles. The van der Waals surface area contributed by atoms with Gasteiger partial charge < -0.3 is 19.9 Å². The summed E-state index contributed by atoms with van der Waals surface area (Å²) in [6.45, 7) is 4.32. The van der Waals surface area contributed by atoms with E-state index >= 15 is 0 Å². The molecule has 2 aliphatic rings. The van der Waals surface area contributed by atoms with Crippen LogP contribution < -0.4 is 15.0 Å². The number of aromatic nitrogens is 3. The number of methoxy groups -OCH3 is 1. The van der Waals surface area contributed by atoms with Crippen molar-refractivity contribution >= 4 is 36.4 Å². The number of benzene rings is 1. The van der Waals surface area contributed by atoms with E-state index in [4.69, 9.17) is 4.74 Å². The van der Waals surface area contributed by atoms with Crippen molar-refractivity contribution in [3.8, 4) is 5.75 Å². The second-order valence-electron chi connectivity index (χ2n) is 7.16. The van der Waals surface area contributed by atoms with Gasteiger partial charge in [-0.2, -0.15) is 0 Å². The van der Waals surface area contributed by atoms with Crippen LogP contribution in [0.3, 0.4) is 0 Å². The maximum Gasteiger partial charge on any atom is 0.276 e. The van der Waals surface area contributed by atoms with E-state index in [1.54, 1.807) is 17.2 Å². The molecule has 4 rings (SSSR count). The first-order valence-corrected chi connectivity index (χ1v) is 9.66. The Balaban J connectivity index is 0.00000160. The molecular weight excluding hydrogens is 434 g/mol. The molecule has 2 aromatic rings. The first kappa shape index (κ1) is 24.2. The van der Waals surface area contributed by atoms with Gasteiger partial charge in [0.25, 0.3) is 5.91 Å². The van der Waals surface area contributed by atoms with Crippen molar-refractivity contribution in [3.63, 3.8) is 0 Å². The summed E-state index contributed by atoms with van der Waals surface area (Å²) in [7, 11) is 1.45. The van der Waals surface area contributed by atoms with Crippen LogP contribution in [0.1, 0.15) is 29.4 Å². The van der Waals surface area contributed by atoms with Gasteiger partial charge in [-0.05, 0) is 38.1 Å². The van der Waals surface area contributed by atoms with Crippen molar-refractivity contribution in [2.45, 2.75) is 18.9 Å². The fraction of sp³-hybridized carbons (Fsp3) is 0.526. The standard InChI is InChI=1S/C19H25FN6O2.2ClH/c1-28-18-3-2-15(12-16(18)20)24-8-10-25(11-9-24)19(27)17-13-26(23-22-17)14-4-6-21-7-5-14;;/h2-3,12-14,21H,4-11H2,1H3;2*1H. The van der Waals surface area contributed by atoms with E-state index in [9.17, 15) is 9.18 Å². The van der Waals surface area contributed by atoms with Gasteiger partial charge in [0, 0.05) is 37.9 Å². The number of hydrogen-bond donors (Lipinski definition) is 1. The van der Waals surface area contributed by atoms with Crippen LogP contribution in [-0.4, -0.2) is 72.2 Å². The Kier molecular flexibility index (Phi) is 8.69. The maximum atomic E-state index is 13.9. The van der Waals surface area contributed by atoms with Gasteiger partial charge in [0.15, 0.2) is 17.3 Å². The summed E-state index contributed by atoms with van der Waals surface area (Å²) in [6, 6.07) is 5.24. The van der Waals surface area contributed by atoms with E-state index in [0.29, 0.717) is 37.9 Å². The smallest absolute Gasteiger partial charge is 0.276 e. The van der Waals surface area contributed by atoms with Crippen LogP contribution in [0.2, 0.25) is 0 Å². The first-order chi connectivity index (χ1) is 13.7. The zero-order valence-electron chi connectivity index (χ0n) is 16.8. The first-order valence-electron chi connectivity index (χ1n) is 9.66. The zero-order chi connectivity index (χ0) is 19.5. The largest absolute Gasteiger partial charge is 0.494 e. The molecule has 1 aromatic heterocycles. The third-order valence-corrected chi connectivity index (χ3v) is 5.48. The van der Waals surface area contributed by atoms with Gasteiger partial charge >= 0.3 is 0 Å². The van der Waals surface area contributed by atoms with E-state index in [2.05, 4.69) is 20.5 Å². The number of anilines is 1. The molecule has 30 heavy (non-hydrogen) atoms. The van der Waals surface area contributed by atoms with Crippen LogP contribution in [0.15, 0.2) is 24.4 Å². The number of piperazine rings is 1. The normalized spacial score (nSPS) is 17.1. The molecule has 2 fully saturated rings. The quantitative estimate of drug-likeness (QED) is 0.753. The highest BCUT2D eigenvalue weighted by Crippen LogP contribution is 2.24.